The van der Waals surface area contributed by atoms with E-state index in [2.05, 4.69) is 58.6 Å². The first-order chi connectivity index (χ1) is 21.4. The van der Waals surface area contributed by atoms with Crippen molar-refractivity contribution in [3.63, 3.8) is 0 Å². The fraction of sp³-hybridized carbons (Fsp3) is 0.472. The molecule has 2 atom stereocenters. The molecule has 9 heteroatoms. The summed E-state index contributed by atoms with van der Waals surface area (Å²) in [6, 6.07) is 13.0. The van der Waals surface area contributed by atoms with E-state index < -0.39 is 11.2 Å². The summed E-state index contributed by atoms with van der Waals surface area (Å²) < 4.78 is 5.17. The number of aryl methyl sites for hydroxylation is 2. The Labute approximate surface area is 265 Å². The molecule has 7 rings (SSSR count). The van der Waals surface area contributed by atoms with Gasteiger partial charge in [0.15, 0.2) is 5.82 Å². The topological polar surface area (TPSA) is 97.7 Å². The molecule has 2 unspecified atom stereocenters. The first-order valence-corrected chi connectivity index (χ1v) is 16.0. The van der Waals surface area contributed by atoms with E-state index in [4.69, 9.17) is 4.52 Å². The second-order valence-electron chi connectivity index (χ2n) is 14.2. The quantitative estimate of drug-likeness (QED) is 0.334. The molecule has 2 aromatic carbocycles. The molecule has 3 aliphatic carbocycles. The van der Waals surface area contributed by atoms with Gasteiger partial charge in [0.05, 0.1) is 5.41 Å². The Morgan fingerprint density at radius 2 is 1.69 bits per heavy atom. The third-order valence-electron chi connectivity index (χ3n) is 11.1. The lowest BCUT2D eigenvalue weighted by molar-refractivity contribution is 0.0827. The molecule has 2 heterocycles. The second-order valence-corrected chi connectivity index (χ2v) is 14.2. The summed E-state index contributed by atoms with van der Waals surface area (Å²) in [6.45, 7) is 12.5. The van der Waals surface area contributed by atoms with E-state index in [0.29, 0.717) is 47.9 Å². The van der Waals surface area contributed by atoms with E-state index in [1.807, 2.05) is 37.2 Å². The van der Waals surface area contributed by atoms with Gasteiger partial charge in [-0.3, -0.25) is 14.3 Å². The number of nitrogens with one attached hydrogen (secondary N) is 2. The molecule has 1 saturated heterocycles. The van der Waals surface area contributed by atoms with Crippen molar-refractivity contribution < 1.29 is 9.32 Å². The normalized spacial score (nSPS) is 27.0. The van der Waals surface area contributed by atoms with Crippen LogP contribution in [0.4, 0.5) is 0 Å². The fourth-order valence-electron chi connectivity index (χ4n) is 8.76. The van der Waals surface area contributed by atoms with Crippen molar-refractivity contribution in [2.45, 2.75) is 62.4 Å². The molecule has 9 nitrogen and oxygen atoms in total. The smallest absolute Gasteiger partial charge is 0.378 e. The van der Waals surface area contributed by atoms with Gasteiger partial charge < -0.3 is 20.0 Å². The summed E-state index contributed by atoms with van der Waals surface area (Å²) in [4.78, 5) is 34.7. The van der Waals surface area contributed by atoms with E-state index in [1.165, 1.54) is 19.3 Å². The third kappa shape index (κ3) is 4.42. The predicted molar refractivity (Wildman–Crippen MR) is 175 cm³/mol. The lowest BCUT2D eigenvalue weighted by atomic mass is 9.69. The minimum Gasteiger partial charge on any atom is -0.378 e. The van der Waals surface area contributed by atoms with Crippen LogP contribution in [0.5, 0.6) is 0 Å². The number of piperidine rings is 2. The molecular weight excluding hydrogens is 564 g/mol. The lowest BCUT2D eigenvalue weighted by Crippen LogP contribution is -2.41. The molecule has 1 aliphatic heterocycles. The number of aromatic nitrogens is 2. The van der Waals surface area contributed by atoms with E-state index in [9.17, 15) is 9.59 Å². The summed E-state index contributed by atoms with van der Waals surface area (Å²) in [7, 11) is 7.52. The molecule has 2 saturated carbocycles. The molecule has 2 N–H and O–H groups in total. The summed E-state index contributed by atoms with van der Waals surface area (Å²) in [5, 5.41) is 8.04. The maximum Gasteiger partial charge on any atom is 0.438 e. The van der Waals surface area contributed by atoms with E-state index in [1.54, 1.807) is 19.0 Å². The molecule has 4 aliphatic rings. The zero-order chi connectivity index (χ0) is 31.9. The number of aromatic amines is 1. The average Bonchev–Trinajstić information content (AvgIpc) is 3.67. The first kappa shape index (κ1) is 29.6. The van der Waals surface area contributed by atoms with Crippen LogP contribution in [-0.2, 0) is 18.3 Å². The van der Waals surface area contributed by atoms with Gasteiger partial charge in [0.1, 0.15) is 0 Å². The first-order valence-electron chi connectivity index (χ1n) is 16.0. The van der Waals surface area contributed by atoms with Crippen LogP contribution in [0.1, 0.15) is 76.6 Å². The average molecular weight is 609 g/mol. The maximum absolute atomic E-state index is 13.0. The molecule has 1 aromatic heterocycles. The van der Waals surface area contributed by atoms with Gasteiger partial charge in [-0.2, -0.15) is 0 Å². The number of nitrogens with zero attached hydrogens (tertiary/aromatic N) is 4. The summed E-state index contributed by atoms with van der Waals surface area (Å²) >= 11 is 0. The Bertz CT molecular complexity index is 1700. The molecule has 236 valence electrons. The summed E-state index contributed by atoms with van der Waals surface area (Å²) in [5.74, 6) is -0.165. The zero-order valence-corrected chi connectivity index (χ0v) is 27.1. The number of fused-ring (bicyclic) bond motifs is 2. The standard InChI is InChI=1S/C36H44N6O3/c1-22-18-34-20-35(34,21-34)42(22)23(2)19-37-15-14-36(32-38-33(44)45-39-32)29-12-10-25(24(3)40(4)5)16-26(29)8-9-27-17-28(11-13-30(27)36)31(43)41(6)7/h10-13,16-17,22,37H,2-3,8-9,14-15,18-21H2,1,4-7H3,(H,38,39,44). The fourth-order valence-corrected chi connectivity index (χ4v) is 8.76. The monoisotopic (exact) mass is 608 g/mol. The third-order valence-corrected chi connectivity index (χ3v) is 11.1. The number of rotatable bonds is 10. The van der Waals surface area contributed by atoms with Crippen LogP contribution in [0.15, 0.2) is 64.6 Å². The van der Waals surface area contributed by atoms with Crippen LogP contribution < -0.4 is 11.1 Å². The van der Waals surface area contributed by atoms with Gasteiger partial charge in [-0.25, -0.2) is 4.79 Å². The largest absolute Gasteiger partial charge is 0.438 e. The number of likely N-dealkylation sites (tertiary alicyclic amines) is 1. The van der Waals surface area contributed by atoms with Crippen molar-refractivity contribution in [2.75, 3.05) is 41.3 Å². The zero-order valence-electron chi connectivity index (χ0n) is 27.1. The van der Waals surface area contributed by atoms with Crippen molar-refractivity contribution >= 4 is 11.6 Å². The highest BCUT2D eigenvalue weighted by Crippen LogP contribution is 2.87. The van der Waals surface area contributed by atoms with Crippen LogP contribution in [0, 0.1) is 5.41 Å². The molecule has 45 heavy (non-hydrogen) atoms. The number of hydrogen-bond donors (Lipinski definition) is 2. The van der Waals surface area contributed by atoms with Gasteiger partial charge in [0, 0.05) is 68.7 Å². The highest BCUT2D eigenvalue weighted by Gasteiger charge is 2.89. The molecule has 1 amide bonds. The Balaban J connectivity index is 1.28. The van der Waals surface area contributed by atoms with Crippen LogP contribution >= 0.6 is 0 Å². The Morgan fingerprint density at radius 3 is 2.24 bits per heavy atom. The molecule has 0 bridgehead atoms. The summed E-state index contributed by atoms with van der Waals surface area (Å²) in [5.41, 5.74) is 8.22. The van der Waals surface area contributed by atoms with Gasteiger partial charge in [-0.15, -0.1) is 0 Å². The molecule has 0 radical (unpaired) electrons. The SMILES string of the molecule is C=C(c1ccc2c(c1)CCc1cc(C(=O)N(C)C)ccc1C2(CCNCC(=C)N1C(C)CC23CC12C3)c1noc(=O)[nH]1)N(C)C. The summed E-state index contributed by atoms with van der Waals surface area (Å²) in [6.07, 6.45) is 6.03. The number of benzene rings is 2. The van der Waals surface area contributed by atoms with Gasteiger partial charge in [0.25, 0.3) is 5.91 Å². The van der Waals surface area contributed by atoms with Crippen LogP contribution in [0.2, 0.25) is 0 Å². The van der Waals surface area contributed by atoms with Crippen LogP contribution in [-0.4, -0.2) is 83.6 Å². The molecule has 3 fully saturated rings. The molecule has 0 spiro atoms. The Kier molecular flexibility index (Phi) is 6.71. The minimum absolute atomic E-state index is 0.0456. The predicted octanol–water partition coefficient (Wildman–Crippen LogP) is 4.15. The van der Waals surface area contributed by atoms with E-state index >= 15 is 0 Å². The van der Waals surface area contributed by atoms with Crippen molar-refractivity contribution in [1.29, 1.82) is 0 Å². The second kappa shape index (κ2) is 10.2. The number of hydrogen-bond acceptors (Lipinski definition) is 7. The van der Waals surface area contributed by atoms with Crippen molar-refractivity contribution in [3.05, 3.63) is 105 Å². The van der Waals surface area contributed by atoms with Crippen LogP contribution in [0.3, 0.4) is 0 Å². The number of amides is 1. The molecule has 3 aromatic rings. The van der Waals surface area contributed by atoms with Crippen LogP contribution in [0.25, 0.3) is 5.70 Å². The highest BCUT2D eigenvalue weighted by atomic mass is 16.5. The van der Waals surface area contributed by atoms with Crippen molar-refractivity contribution in [1.82, 2.24) is 30.2 Å². The molecular formula is C36H44N6O3. The minimum atomic E-state index is -0.818. The van der Waals surface area contributed by atoms with Crippen molar-refractivity contribution in [3.8, 4) is 0 Å². The van der Waals surface area contributed by atoms with Crippen molar-refractivity contribution in [2.24, 2.45) is 5.41 Å². The van der Waals surface area contributed by atoms with E-state index in [0.717, 1.165) is 52.1 Å². The van der Waals surface area contributed by atoms with Gasteiger partial charge in [-0.05, 0) is 98.0 Å². The van der Waals surface area contributed by atoms with Gasteiger partial charge in [0.2, 0.25) is 0 Å². The number of carbonyl (C=O) groups is 1. The highest BCUT2D eigenvalue weighted by molar-refractivity contribution is 5.94. The maximum atomic E-state index is 13.0. The lowest BCUT2D eigenvalue weighted by Gasteiger charge is -2.36. The number of carbonyl (C=O) groups excluding carboxylic acids is 1. The van der Waals surface area contributed by atoms with E-state index in [-0.39, 0.29) is 5.91 Å². The number of H-pyrrole nitrogens is 1. The Hall–Kier alpha value is -4.11. The van der Waals surface area contributed by atoms with Gasteiger partial charge in [-0.1, -0.05) is 36.5 Å². The van der Waals surface area contributed by atoms with Gasteiger partial charge >= 0.3 is 5.76 Å². The Morgan fingerprint density at radius 1 is 1.04 bits per heavy atom.